The molecule has 5 nitrogen and oxygen atoms in total. The Balaban J connectivity index is 1.66. The van der Waals surface area contributed by atoms with Crippen molar-refractivity contribution in [2.75, 3.05) is 4.90 Å². The Morgan fingerprint density at radius 2 is 1.74 bits per heavy atom. The van der Waals surface area contributed by atoms with Gasteiger partial charge in [0.15, 0.2) is 11.5 Å². The van der Waals surface area contributed by atoms with Crippen LogP contribution in [-0.4, -0.2) is 22.8 Å². The number of rotatable bonds is 2. The first-order valence-electron chi connectivity index (χ1n) is 9.50. The summed E-state index contributed by atoms with van der Waals surface area (Å²) in [6, 6.07) is 14.6. The van der Waals surface area contributed by atoms with E-state index in [1.165, 1.54) is 0 Å². The van der Waals surface area contributed by atoms with Crippen molar-refractivity contribution in [3.63, 3.8) is 0 Å². The van der Waals surface area contributed by atoms with Gasteiger partial charge in [-0.2, -0.15) is 0 Å². The molecule has 3 aliphatic rings. The molecule has 0 bridgehead atoms. The lowest BCUT2D eigenvalue weighted by atomic mass is 9.77. The van der Waals surface area contributed by atoms with Crippen LogP contribution in [-0.2, 0) is 14.3 Å². The maximum atomic E-state index is 13.4. The highest BCUT2D eigenvalue weighted by atomic mass is 16.5. The average Bonchev–Trinajstić information content (AvgIpc) is 3.02. The van der Waals surface area contributed by atoms with E-state index in [9.17, 15) is 9.59 Å². The number of nitrogens with zero attached hydrogens (tertiary/aromatic N) is 2. The molecule has 0 spiro atoms. The second kappa shape index (κ2) is 6.34. The molecule has 1 saturated carbocycles. The lowest BCUT2D eigenvalue weighted by molar-refractivity contribution is -0.131. The van der Waals surface area contributed by atoms with Gasteiger partial charge in [0.1, 0.15) is 11.9 Å². The first-order valence-corrected chi connectivity index (χ1v) is 9.50. The minimum absolute atomic E-state index is 0.0709. The molecule has 1 aliphatic carbocycles. The Labute approximate surface area is 157 Å². The summed E-state index contributed by atoms with van der Waals surface area (Å²) in [5.41, 5.74) is 1.40. The topological polar surface area (TPSA) is 59.5 Å². The van der Waals surface area contributed by atoms with Crippen molar-refractivity contribution in [2.45, 2.75) is 37.8 Å². The van der Waals surface area contributed by atoms with Crippen molar-refractivity contribution < 1.29 is 14.3 Å². The van der Waals surface area contributed by atoms with Crippen LogP contribution in [0.25, 0.3) is 0 Å². The van der Waals surface area contributed by atoms with Gasteiger partial charge in [0.2, 0.25) is 0 Å². The van der Waals surface area contributed by atoms with E-state index in [1.54, 1.807) is 17.2 Å². The highest BCUT2D eigenvalue weighted by Crippen LogP contribution is 2.47. The molecule has 0 N–H and O–H groups in total. The predicted octanol–water partition coefficient (Wildman–Crippen LogP) is 3.58. The van der Waals surface area contributed by atoms with Gasteiger partial charge >= 0.3 is 0 Å². The van der Waals surface area contributed by atoms with E-state index in [4.69, 9.17) is 4.74 Å². The number of carbonyl (C=O) groups is 2. The summed E-state index contributed by atoms with van der Waals surface area (Å²) < 4.78 is 6.14. The standard InChI is InChI=1S/C22H20N2O3/c25-20-15-10-4-5-11-16(15)27-21-18(20)19(14-8-2-1-3-9-14)24(22(21)26)17-12-6-7-13-23-17/h1-3,6-9,12-13,15-16,19H,4-5,10-11H2. The third kappa shape index (κ3) is 2.49. The van der Waals surface area contributed by atoms with Crippen LogP contribution in [0.3, 0.4) is 0 Å². The van der Waals surface area contributed by atoms with Crippen LogP contribution in [0.4, 0.5) is 5.82 Å². The van der Waals surface area contributed by atoms with E-state index in [0.29, 0.717) is 11.4 Å². The predicted molar refractivity (Wildman–Crippen MR) is 99.8 cm³/mol. The number of benzene rings is 1. The molecule has 5 heteroatoms. The molecule has 3 unspecified atom stereocenters. The van der Waals surface area contributed by atoms with Gasteiger partial charge in [-0.15, -0.1) is 0 Å². The summed E-state index contributed by atoms with van der Waals surface area (Å²) >= 11 is 0. The molecule has 0 saturated heterocycles. The zero-order valence-corrected chi connectivity index (χ0v) is 14.9. The zero-order chi connectivity index (χ0) is 18.4. The maximum absolute atomic E-state index is 13.4. The molecule has 2 aliphatic heterocycles. The molecule has 0 radical (unpaired) electrons. The zero-order valence-electron chi connectivity index (χ0n) is 14.9. The van der Waals surface area contributed by atoms with Gasteiger partial charge in [-0.05, 0) is 37.0 Å². The molecule has 1 fully saturated rings. The third-order valence-electron chi connectivity index (χ3n) is 5.77. The van der Waals surface area contributed by atoms with E-state index in [1.807, 2.05) is 42.5 Å². The summed E-state index contributed by atoms with van der Waals surface area (Å²) in [7, 11) is 0. The minimum Gasteiger partial charge on any atom is -0.483 e. The number of pyridine rings is 1. The Bertz CT molecular complexity index is 923. The number of Topliss-reactive ketones (excluding diaryl/α,β-unsaturated/α-hetero) is 1. The number of ketones is 1. The summed E-state index contributed by atoms with van der Waals surface area (Å²) in [4.78, 5) is 32.7. The summed E-state index contributed by atoms with van der Waals surface area (Å²) in [5, 5.41) is 0. The Morgan fingerprint density at radius 1 is 0.963 bits per heavy atom. The van der Waals surface area contributed by atoms with Gasteiger partial charge in [0.25, 0.3) is 5.91 Å². The molecule has 136 valence electrons. The summed E-state index contributed by atoms with van der Waals surface area (Å²) in [6.07, 6.45) is 5.22. The Kier molecular flexibility index (Phi) is 3.81. The molecule has 1 aromatic heterocycles. The Morgan fingerprint density at radius 3 is 2.52 bits per heavy atom. The van der Waals surface area contributed by atoms with Gasteiger partial charge in [0, 0.05) is 6.20 Å². The molecular formula is C22H20N2O3. The normalized spacial score (nSPS) is 27.3. The number of hydrogen-bond acceptors (Lipinski definition) is 4. The largest absolute Gasteiger partial charge is 0.483 e. The second-order valence-corrected chi connectivity index (χ2v) is 7.33. The van der Waals surface area contributed by atoms with Gasteiger partial charge in [-0.3, -0.25) is 14.5 Å². The van der Waals surface area contributed by atoms with Crippen molar-refractivity contribution in [1.82, 2.24) is 4.98 Å². The first kappa shape index (κ1) is 16.2. The van der Waals surface area contributed by atoms with Gasteiger partial charge in [-0.25, -0.2) is 4.98 Å². The molecule has 2 aromatic rings. The van der Waals surface area contributed by atoms with Gasteiger partial charge < -0.3 is 4.74 Å². The third-order valence-corrected chi connectivity index (χ3v) is 5.77. The molecule has 1 amide bonds. The average molecular weight is 360 g/mol. The molecule has 27 heavy (non-hydrogen) atoms. The SMILES string of the molecule is O=C1C2=C(OC3CCCCC13)C(=O)N(c1ccccn1)C2c1ccccc1. The second-order valence-electron chi connectivity index (χ2n) is 7.33. The summed E-state index contributed by atoms with van der Waals surface area (Å²) in [6.45, 7) is 0. The van der Waals surface area contributed by atoms with Crippen LogP contribution in [0, 0.1) is 5.92 Å². The smallest absolute Gasteiger partial charge is 0.295 e. The van der Waals surface area contributed by atoms with Gasteiger partial charge in [-0.1, -0.05) is 42.8 Å². The molecule has 3 heterocycles. The fraction of sp³-hybridized carbons (Fsp3) is 0.318. The van der Waals surface area contributed by atoms with Crippen LogP contribution in [0.5, 0.6) is 0 Å². The number of ether oxygens (including phenoxy) is 1. The van der Waals surface area contributed by atoms with Crippen molar-refractivity contribution in [3.05, 3.63) is 71.6 Å². The molecule has 3 atom stereocenters. The van der Waals surface area contributed by atoms with E-state index in [2.05, 4.69) is 4.98 Å². The van der Waals surface area contributed by atoms with Crippen molar-refractivity contribution >= 4 is 17.5 Å². The van der Waals surface area contributed by atoms with Crippen LogP contribution >= 0.6 is 0 Å². The van der Waals surface area contributed by atoms with E-state index in [0.717, 1.165) is 31.2 Å². The van der Waals surface area contributed by atoms with Crippen LogP contribution in [0.1, 0.15) is 37.3 Å². The quantitative estimate of drug-likeness (QED) is 0.821. The van der Waals surface area contributed by atoms with E-state index in [-0.39, 0.29) is 29.5 Å². The fourth-order valence-corrected chi connectivity index (χ4v) is 4.53. The highest BCUT2D eigenvalue weighted by molar-refractivity contribution is 6.17. The van der Waals surface area contributed by atoms with Crippen molar-refractivity contribution in [3.8, 4) is 0 Å². The van der Waals surface area contributed by atoms with Gasteiger partial charge in [0.05, 0.1) is 17.5 Å². The van der Waals surface area contributed by atoms with E-state index >= 15 is 0 Å². The van der Waals surface area contributed by atoms with Crippen molar-refractivity contribution in [1.29, 1.82) is 0 Å². The van der Waals surface area contributed by atoms with Crippen LogP contribution < -0.4 is 4.90 Å². The van der Waals surface area contributed by atoms with E-state index < -0.39 is 6.04 Å². The number of anilines is 1. The highest BCUT2D eigenvalue weighted by Gasteiger charge is 2.52. The van der Waals surface area contributed by atoms with Crippen LogP contribution in [0.15, 0.2) is 66.1 Å². The monoisotopic (exact) mass is 360 g/mol. The van der Waals surface area contributed by atoms with Crippen molar-refractivity contribution in [2.24, 2.45) is 5.92 Å². The first-order chi connectivity index (χ1) is 13.3. The lowest BCUT2D eigenvalue weighted by Gasteiger charge is -2.35. The minimum atomic E-state index is -0.487. The lowest BCUT2D eigenvalue weighted by Crippen LogP contribution is -2.39. The maximum Gasteiger partial charge on any atom is 0.295 e. The number of carbonyl (C=O) groups excluding carboxylic acids is 2. The fourth-order valence-electron chi connectivity index (χ4n) is 4.53. The molecule has 1 aromatic carbocycles. The number of amides is 1. The number of fused-ring (bicyclic) bond motifs is 1. The number of hydrogen-bond donors (Lipinski definition) is 0. The molecular weight excluding hydrogens is 340 g/mol. The van der Waals surface area contributed by atoms with Crippen LogP contribution in [0.2, 0.25) is 0 Å². The number of aromatic nitrogens is 1. The summed E-state index contributed by atoms with van der Waals surface area (Å²) in [5.74, 6) is 0.421. The Hall–Kier alpha value is -2.95. The molecule has 5 rings (SSSR count).